The van der Waals surface area contributed by atoms with Crippen LogP contribution in [0, 0.1) is 11.3 Å². The monoisotopic (exact) mass is 635 g/mol. The average Bonchev–Trinajstić information content (AvgIpc) is 3.29. The van der Waals surface area contributed by atoms with Gasteiger partial charge in [-0.2, -0.15) is 5.10 Å². The summed E-state index contributed by atoms with van der Waals surface area (Å²) in [6.45, 7) is 5.52. The zero-order chi connectivity index (χ0) is 31.8. The Labute approximate surface area is 264 Å². The van der Waals surface area contributed by atoms with Crippen LogP contribution >= 0.6 is 23.2 Å². The van der Waals surface area contributed by atoms with E-state index < -0.39 is 23.4 Å². The molecule has 0 aliphatic carbocycles. The number of hydrogen-bond donors (Lipinski definition) is 2. The molecule has 1 aliphatic heterocycles. The number of rotatable bonds is 8. The van der Waals surface area contributed by atoms with E-state index in [-0.39, 0.29) is 16.0 Å². The third-order valence-electron chi connectivity index (χ3n) is 7.90. The van der Waals surface area contributed by atoms with Gasteiger partial charge in [0.2, 0.25) is 5.88 Å². The zero-order valence-corrected chi connectivity index (χ0v) is 26.1. The zero-order valence-electron chi connectivity index (χ0n) is 24.6. The number of benzene rings is 2. The van der Waals surface area contributed by atoms with Crippen molar-refractivity contribution in [3.05, 3.63) is 92.3 Å². The molecule has 0 bridgehead atoms. The summed E-state index contributed by atoms with van der Waals surface area (Å²) in [5.41, 5.74) is 2.62. The van der Waals surface area contributed by atoms with Crippen molar-refractivity contribution in [2.75, 3.05) is 25.5 Å². The molecular weight excluding hydrogens is 605 g/mol. The van der Waals surface area contributed by atoms with Crippen LogP contribution in [0.5, 0.6) is 5.88 Å². The number of carboxylic acids is 1. The van der Waals surface area contributed by atoms with E-state index >= 15 is 0 Å². The Balaban J connectivity index is 1.43. The van der Waals surface area contributed by atoms with Gasteiger partial charge in [0.15, 0.2) is 0 Å². The van der Waals surface area contributed by atoms with Crippen LogP contribution in [0.25, 0.3) is 22.4 Å². The summed E-state index contributed by atoms with van der Waals surface area (Å²) in [5, 5.41) is 16.9. The Hall–Kier alpha value is -4.25. The highest BCUT2D eigenvalue weighted by atomic mass is 35.5. The molecule has 0 unspecified atom stereocenters. The van der Waals surface area contributed by atoms with Gasteiger partial charge in [0.1, 0.15) is 5.56 Å². The number of pyridine rings is 1. The average molecular weight is 637 g/mol. The molecule has 2 N–H and O–H groups in total. The van der Waals surface area contributed by atoms with Gasteiger partial charge in [-0.25, -0.2) is 9.67 Å². The van der Waals surface area contributed by atoms with Crippen LogP contribution in [0.1, 0.15) is 29.8 Å². The van der Waals surface area contributed by atoms with Crippen molar-refractivity contribution in [2.24, 2.45) is 18.4 Å². The molecule has 0 spiro atoms. The fourth-order valence-corrected chi connectivity index (χ4v) is 6.19. The van der Waals surface area contributed by atoms with Crippen LogP contribution in [0.4, 0.5) is 5.69 Å². The molecule has 4 aromatic rings. The summed E-state index contributed by atoms with van der Waals surface area (Å²) >= 11 is 13.7. The predicted molar refractivity (Wildman–Crippen MR) is 169 cm³/mol. The molecule has 2 aromatic carbocycles. The van der Waals surface area contributed by atoms with Crippen molar-refractivity contribution in [3.63, 3.8) is 0 Å². The standard InChI is InChI=1S/C32H31Cl2N5O5/c1-32(2)17-39(16-23(32)31(42)43)15-18-11-12-24(37-29(18)44-4)21-9-5-7-19(26(21)33)20-8-6-10-25(27(20)34)36-28(40)22-13-14-35-38(3)30(22)41/h5-14,23H,15-17H2,1-4H3,(H,36,40)(H,42,43)/t23-/m0/s1. The lowest BCUT2D eigenvalue weighted by Gasteiger charge is -2.22. The molecule has 1 saturated heterocycles. The Morgan fingerprint density at radius 1 is 1.05 bits per heavy atom. The largest absolute Gasteiger partial charge is 0.481 e. The van der Waals surface area contributed by atoms with Crippen LogP contribution in [0.2, 0.25) is 10.0 Å². The molecule has 2 aromatic heterocycles. The molecule has 1 atom stereocenters. The van der Waals surface area contributed by atoms with Gasteiger partial charge >= 0.3 is 5.97 Å². The minimum absolute atomic E-state index is 0.0670. The first kappa shape index (κ1) is 31.2. The van der Waals surface area contributed by atoms with Gasteiger partial charge in [-0.15, -0.1) is 0 Å². The third kappa shape index (κ3) is 6.06. The molecule has 1 amide bonds. The number of halogens is 2. The predicted octanol–water partition coefficient (Wildman–Crippen LogP) is 5.62. The van der Waals surface area contributed by atoms with E-state index in [1.165, 1.54) is 19.3 Å². The number of ether oxygens (including phenoxy) is 1. The van der Waals surface area contributed by atoms with Gasteiger partial charge < -0.3 is 15.2 Å². The molecule has 44 heavy (non-hydrogen) atoms. The normalized spacial score (nSPS) is 16.1. The lowest BCUT2D eigenvalue weighted by atomic mass is 9.82. The highest BCUT2D eigenvalue weighted by Crippen LogP contribution is 2.42. The van der Waals surface area contributed by atoms with Gasteiger partial charge in [-0.3, -0.25) is 19.3 Å². The lowest BCUT2D eigenvalue weighted by molar-refractivity contribution is -0.144. The molecular formula is C32H31Cl2N5O5. The number of nitrogens with zero attached hydrogens (tertiary/aromatic N) is 4. The first-order chi connectivity index (χ1) is 20.9. The van der Waals surface area contributed by atoms with E-state index in [1.54, 1.807) is 25.3 Å². The second-order valence-electron chi connectivity index (χ2n) is 11.4. The number of carbonyl (C=O) groups is 2. The summed E-state index contributed by atoms with van der Waals surface area (Å²) in [7, 11) is 3.01. The number of amides is 1. The quantitative estimate of drug-likeness (QED) is 0.255. The minimum atomic E-state index is -0.792. The van der Waals surface area contributed by atoms with Gasteiger partial charge in [0, 0.05) is 55.1 Å². The molecule has 3 heterocycles. The first-order valence-corrected chi connectivity index (χ1v) is 14.6. The maximum Gasteiger partial charge on any atom is 0.308 e. The number of carboxylic acid groups (broad SMARTS) is 1. The molecule has 10 nitrogen and oxygen atoms in total. The van der Waals surface area contributed by atoms with Crippen molar-refractivity contribution in [2.45, 2.75) is 20.4 Å². The van der Waals surface area contributed by atoms with E-state index in [4.69, 9.17) is 32.9 Å². The van der Waals surface area contributed by atoms with Crippen LogP contribution < -0.4 is 15.6 Å². The smallest absolute Gasteiger partial charge is 0.308 e. The van der Waals surface area contributed by atoms with Gasteiger partial charge in [-0.1, -0.05) is 73.4 Å². The van der Waals surface area contributed by atoms with Crippen LogP contribution in [0.3, 0.4) is 0 Å². The van der Waals surface area contributed by atoms with Crippen molar-refractivity contribution in [1.29, 1.82) is 0 Å². The second kappa shape index (κ2) is 12.4. The number of aliphatic carboxylic acids is 1. The number of methoxy groups -OCH3 is 1. The number of carbonyl (C=O) groups excluding carboxylic acids is 1. The molecule has 12 heteroatoms. The fourth-order valence-electron chi connectivity index (χ4n) is 5.59. The van der Waals surface area contributed by atoms with Gasteiger partial charge in [0.05, 0.1) is 34.5 Å². The summed E-state index contributed by atoms with van der Waals surface area (Å²) in [6.07, 6.45) is 1.37. The minimum Gasteiger partial charge on any atom is -0.481 e. The number of likely N-dealkylation sites (tertiary alicyclic amines) is 1. The van der Waals surface area contributed by atoms with Crippen molar-refractivity contribution in [3.8, 4) is 28.3 Å². The van der Waals surface area contributed by atoms with E-state index in [1.807, 2.05) is 44.2 Å². The van der Waals surface area contributed by atoms with Crippen molar-refractivity contribution >= 4 is 40.8 Å². The Morgan fingerprint density at radius 3 is 2.41 bits per heavy atom. The highest BCUT2D eigenvalue weighted by Gasteiger charge is 2.43. The van der Waals surface area contributed by atoms with Crippen molar-refractivity contribution in [1.82, 2.24) is 19.7 Å². The summed E-state index contributed by atoms with van der Waals surface area (Å²) in [4.78, 5) is 43.8. The topological polar surface area (TPSA) is 127 Å². The molecule has 1 aliphatic rings. The Kier molecular flexibility index (Phi) is 8.78. The maximum absolute atomic E-state index is 12.9. The van der Waals surface area contributed by atoms with Crippen molar-refractivity contribution < 1.29 is 19.4 Å². The first-order valence-electron chi connectivity index (χ1n) is 13.8. The van der Waals surface area contributed by atoms with E-state index in [2.05, 4.69) is 15.3 Å². The highest BCUT2D eigenvalue weighted by molar-refractivity contribution is 6.39. The number of aryl methyl sites for hydroxylation is 1. The van der Waals surface area contributed by atoms with Crippen LogP contribution in [0.15, 0.2) is 65.6 Å². The Bertz CT molecular complexity index is 1820. The number of nitrogens with one attached hydrogen (secondary N) is 1. The molecule has 1 fully saturated rings. The molecule has 228 valence electrons. The SMILES string of the molecule is COc1nc(-c2cccc(-c3cccc(NC(=O)c4ccnn(C)c4=O)c3Cl)c2Cl)ccc1CN1C[C@@H](C(=O)O)C(C)(C)C1. The maximum atomic E-state index is 12.9. The fraction of sp³-hybridized carbons (Fsp3) is 0.281. The van der Waals surface area contributed by atoms with Crippen LogP contribution in [-0.4, -0.2) is 56.8 Å². The van der Waals surface area contributed by atoms with E-state index in [9.17, 15) is 19.5 Å². The second-order valence-corrected chi connectivity index (χ2v) is 12.1. The number of anilines is 1. The molecule has 5 rings (SSSR count). The van der Waals surface area contributed by atoms with E-state index in [0.29, 0.717) is 58.6 Å². The number of aromatic nitrogens is 3. The molecule has 0 saturated carbocycles. The summed E-state index contributed by atoms with van der Waals surface area (Å²) in [6, 6.07) is 15.8. The van der Waals surface area contributed by atoms with Gasteiger partial charge in [0.25, 0.3) is 11.5 Å². The van der Waals surface area contributed by atoms with E-state index in [0.717, 1.165) is 10.2 Å². The number of hydrogen-bond acceptors (Lipinski definition) is 7. The van der Waals surface area contributed by atoms with Crippen LogP contribution in [-0.2, 0) is 18.4 Å². The Morgan fingerprint density at radius 2 is 1.73 bits per heavy atom. The molecule has 0 radical (unpaired) electrons. The lowest BCUT2D eigenvalue weighted by Crippen LogP contribution is -2.28. The summed E-state index contributed by atoms with van der Waals surface area (Å²) < 4.78 is 6.72. The third-order valence-corrected chi connectivity index (χ3v) is 8.72. The van der Waals surface area contributed by atoms with Gasteiger partial charge in [-0.05, 0) is 23.6 Å². The summed E-state index contributed by atoms with van der Waals surface area (Å²) in [5.74, 6) is -1.44.